The largest absolute Gasteiger partial charge is 0.483 e. The Morgan fingerprint density at radius 2 is 1.93 bits per heavy atom. The lowest BCUT2D eigenvalue weighted by Gasteiger charge is -2.18. The monoisotopic (exact) mass is 459 g/mol. The average molecular weight is 460 g/mol. The number of carbonyl (C=O) groups is 3. The van der Waals surface area contributed by atoms with Gasteiger partial charge in [0.15, 0.2) is 6.61 Å². The molecule has 0 aliphatic carbocycles. The maximum atomic E-state index is 12.6. The number of anilines is 1. The van der Waals surface area contributed by atoms with Crippen LogP contribution >= 0.6 is 15.9 Å². The van der Waals surface area contributed by atoms with Gasteiger partial charge in [-0.1, -0.05) is 24.3 Å². The summed E-state index contributed by atoms with van der Waals surface area (Å²) < 4.78 is 6.29. The summed E-state index contributed by atoms with van der Waals surface area (Å²) in [7, 11) is 0. The van der Waals surface area contributed by atoms with Crippen molar-refractivity contribution in [1.82, 2.24) is 10.9 Å². The van der Waals surface area contributed by atoms with E-state index in [1.165, 1.54) is 0 Å². The number of hydrogen-bond acceptors (Lipinski definition) is 4. The molecule has 1 saturated heterocycles. The number of para-hydroxylation sites is 1. The number of carbonyl (C=O) groups excluding carboxylic acids is 3. The lowest BCUT2D eigenvalue weighted by atomic mass is 10.1. The van der Waals surface area contributed by atoms with Gasteiger partial charge in [0.2, 0.25) is 5.91 Å². The molecule has 152 valence electrons. The van der Waals surface area contributed by atoms with Gasteiger partial charge < -0.3 is 9.64 Å². The Bertz CT molecular complexity index is 947. The molecule has 1 unspecified atom stereocenters. The van der Waals surface area contributed by atoms with Crippen molar-refractivity contribution in [3.05, 3.63) is 58.1 Å². The number of nitrogens with zero attached hydrogens (tertiary/aromatic N) is 1. The lowest BCUT2D eigenvalue weighted by Crippen LogP contribution is -2.47. The molecule has 1 fully saturated rings. The number of aryl methyl sites for hydroxylation is 2. The molecule has 1 heterocycles. The van der Waals surface area contributed by atoms with Crippen LogP contribution in [0.25, 0.3) is 0 Å². The van der Waals surface area contributed by atoms with Gasteiger partial charge in [0, 0.05) is 11.0 Å². The van der Waals surface area contributed by atoms with Crippen molar-refractivity contribution in [1.29, 1.82) is 0 Å². The highest BCUT2D eigenvalue weighted by Crippen LogP contribution is 2.31. The van der Waals surface area contributed by atoms with Gasteiger partial charge in [0.05, 0.1) is 5.69 Å². The van der Waals surface area contributed by atoms with Crippen molar-refractivity contribution in [3.63, 3.8) is 0 Å². The third-order valence-corrected chi connectivity index (χ3v) is 5.36. The van der Waals surface area contributed by atoms with Crippen LogP contribution in [0.15, 0.2) is 46.9 Å². The van der Waals surface area contributed by atoms with E-state index in [0.717, 1.165) is 21.3 Å². The van der Waals surface area contributed by atoms with E-state index in [1.54, 1.807) is 4.90 Å². The SMILES string of the molecule is Cc1ccc(C)c(OCC(=O)NNC(=O)C2CCN(c3ccccc3Br)C2=O)c1. The fourth-order valence-corrected chi connectivity index (χ4v) is 3.59. The molecule has 2 aromatic rings. The fourth-order valence-electron chi connectivity index (χ4n) is 3.09. The second kappa shape index (κ2) is 9.09. The third-order valence-electron chi connectivity index (χ3n) is 4.69. The molecule has 1 atom stereocenters. The van der Waals surface area contributed by atoms with Gasteiger partial charge >= 0.3 is 0 Å². The van der Waals surface area contributed by atoms with Crippen molar-refractivity contribution < 1.29 is 19.1 Å². The van der Waals surface area contributed by atoms with Crippen molar-refractivity contribution in [2.24, 2.45) is 5.92 Å². The average Bonchev–Trinajstić information content (AvgIpc) is 3.08. The zero-order valence-corrected chi connectivity index (χ0v) is 17.8. The first-order valence-corrected chi connectivity index (χ1v) is 10.0. The minimum Gasteiger partial charge on any atom is -0.483 e. The zero-order chi connectivity index (χ0) is 21.0. The molecule has 2 aromatic carbocycles. The topological polar surface area (TPSA) is 87.7 Å². The van der Waals surface area contributed by atoms with E-state index in [1.807, 2.05) is 56.3 Å². The molecule has 0 saturated carbocycles. The van der Waals surface area contributed by atoms with Crippen molar-refractivity contribution in [2.75, 3.05) is 18.1 Å². The predicted molar refractivity (Wildman–Crippen MR) is 112 cm³/mol. The maximum Gasteiger partial charge on any atom is 0.276 e. The van der Waals surface area contributed by atoms with Crippen LogP contribution in [0.2, 0.25) is 0 Å². The summed E-state index contributed by atoms with van der Waals surface area (Å²) in [5.74, 6) is -1.57. The summed E-state index contributed by atoms with van der Waals surface area (Å²) in [5.41, 5.74) is 7.29. The van der Waals surface area contributed by atoms with E-state index >= 15 is 0 Å². The van der Waals surface area contributed by atoms with Gasteiger partial charge in [-0.05, 0) is 65.5 Å². The molecule has 8 heteroatoms. The Hall–Kier alpha value is -2.87. The number of ether oxygens (including phenoxy) is 1. The van der Waals surface area contributed by atoms with Crippen LogP contribution in [0, 0.1) is 19.8 Å². The van der Waals surface area contributed by atoms with Gasteiger partial charge in [0.25, 0.3) is 11.8 Å². The van der Waals surface area contributed by atoms with Gasteiger partial charge in [-0.2, -0.15) is 0 Å². The van der Waals surface area contributed by atoms with Crippen molar-refractivity contribution in [3.8, 4) is 5.75 Å². The lowest BCUT2D eigenvalue weighted by molar-refractivity contribution is -0.136. The standard InChI is InChI=1S/C21H22BrN3O4/c1-13-7-8-14(2)18(11-13)29-12-19(26)23-24-20(27)15-9-10-25(21(15)28)17-6-4-3-5-16(17)22/h3-8,11,15H,9-10,12H2,1-2H3,(H,23,26)(H,24,27). The Labute approximate surface area is 177 Å². The molecule has 3 amide bonds. The van der Waals surface area contributed by atoms with Gasteiger partial charge in [-0.15, -0.1) is 0 Å². The number of benzene rings is 2. The number of halogens is 1. The minimum absolute atomic E-state index is 0.244. The Morgan fingerprint density at radius 3 is 2.69 bits per heavy atom. The van der Waals surface area contributed by atoms with Crippen LogP contribution in [-0.2, 0) is 14.4 Å². The summed E-state index contributed by atoms with van der Waals surface area (Å²) in [6, 6.07) is 13.0. The second-order valence-corrected chi connectivity index (χ2v) is 7.73. The summed E-state index contributed by atoms with van der Waals surface area (Å²) >= 11 is 3.42. The molecular formula is C21H22BrN3O4. The van der Waals surface area contributed by atoms with Crippen molar-refractivity contribution in [2.45, 2.75) is 20.3 Å². The molecule has 1 aliphatic heterocycles. The molecule has 0 aromatic heterocycles. The first-order chi connectivity index (χ1) is 13.9. The van der Waals surface area contributed by atoms with Gasteiger partial charge in [-0.3, -0.25) is 25.2 Å². The summed E-state index contributed by atoms with van der Waals surface area (Å²) in [4.78, 5) is 38.6. The van der Waals surface area contributed by atoms with E-state index in [2.05, 4.69) is 26.8 Å². The normalized spacial score (nSPS) is 15.9. The van der Waals surface area contributed by atoms with Crippen LogP contribution < -0.4 is 20.5 Å². The van der Waals surface area contributed by atoms with E-state index in [9.17, 15) is 14.4 Å². The fraction of sp³-hybridized carbons (Fsp3) is 0.286. The van der Waals surface area contributed by atoms with E-state index in [4.69, 9.17) is 4.74 Å². The summed E-state index contributed by atoms with van der Waals surface area (Å²) in [6.07, 6.45) is 0.376. The summed E-state index contributed by atoms with van der Waals surface area (Å²) in [6.45, 7) is 4.01. The highest BCUT2D eigenvalue weighted by Gasteiger charge is 2.38. The molecule has 0 radical (unpaired) electrons. The molecule has 1 aliphatic rings. The predicted octanol–water partition coefficient (Wildman–Crippen LogP) is 2.65. The first-order valence-electron chi connectivity index (χ1n) is 9.21. The molecule has 0 bridgehead atoms. The highest BCUT2D eigenvalue weighted by atomic mass is 79.9. The molecule has 2 N–H and O–H groups in total. The quantitative estimate of drug-likeness (QED) is 0.531. The number of amides is 3. The Kier molecular flexibility index (Phi) is 6.53. The van der Waals surface area contributed by atoms with E-state index < -0.39 is 17.7 Å². The highest BCUT2D eigenvalue weighted by molar-refractivity contribution is 9.10. The van der Waals surface area contributed by atoms with Crippen molar-refractivity contribution >= 4 is 39.3 Å². The molecule has 7 nitrogen and oxygen atoms in total. The Morgan fingerprint density at radius 1 is 1.17 bits per heavy atom. The van der Waals surface area contributed by atoms with Crippen LogP contribution in [0.3, 0.4) is 0 Å². The Balaban J connectivity index is 1.50. The molecule has 3 rings (SSSR count). The van der Waals surface area contributed by atoms with Crippen LogP contribution in [-0.4, -0.2) is 30.9 Å². The van der Waals surface area contributed by atoms with Crippen LogP contribution in [0.4, 0.5) is 5.69 Å². The van der Waals surface area contributed by atoms with Gasteiger partial charge in [0.1, 0.15) is 11.7 Å². The summed E-state index contributed by atoms with van der Waals surface area (Å²) in [5, 5.41) is 0. The number of hydrazine groups is 1. The first kappa shape index (κ1) is 20.9. The van der Waals surface area contributed by atoms with E-state index in [0.29, 0.717) is 18.7 Å². The maximum absolute atomic E-state index is 12.6. The van der Waals surface area contributed by atoms with E-state index in [-0.39, 0.29) is 12.5 Å². The molecular weight excluding hydrogens is 438 g/mol. The van der Waals surface area contributed by atoms with Gasteiger partial charge in [-0.25, -0.2) is 0 Å². The van der Waals surface area contributed by atoms with Crippen LogP contribution in [0.5, 0.6) is 5.75 Å². The molecule has 0 spiro atoms. The minimum atomic E-state index is -0.845. The third kappa shape index (κ3) is 4.95. The zero-order valence-electron chi connectivity index (χ0n) is 16.2. The number of nitrogens with one attached hydrogen (secondary N) is 2. The second-order valence-electron chi connectivity index (χ2n) is 6.88. The van der Waals surface area contributed by atoms with Crippen LogP contribution in [0.1, 0.15) is 17.5 Å². The number of rotatable bonds is 5. The smallest absolute Gasteiger partial charge is 0.276 e. The molecule has 29 heavy (non-hydrogen) atoms. The number of hydrogen-bond donors (Lipinski definition) is 2.